The van der Waals surface area contributed by atoms with Gasteiger partial charge < -0.3 is 5.73 Å². The van der Waals surface area contributed by atoms with Crippen LogP contribution in [-0.2, 0) is 0 Å². The summed E-state index contributed by atoms with van der Waals surface area (Å²) in [5, 5.41) is 6.70. The molecule has 0 aliphatic heterocycles. The van der Waals surface area contributed by atoms with Crippen LogP contribution in [0.5, 0.6) is 0 Å². The van der Waals surface area contributed by atoms with Gasteiger partial charge in [-0.1, -0.05) is 19.8 Å². The minimum absolute atomic E-state index is 0.0419. The normalized spacial score (nSPS) is 30.1. The molecule has 1 aliphatic carbocycles. The molecule has 0 amide bonds. The van der Waals surface area contributed by atoms with E-state index in [1.54, 1.807) is 0 Å². The van der Waals surface area contributed by atoms with Crippen LogP contribution in [0.25, 0.3) is 0 Å². The zero-order valence-corrected chi connectivity index (χ0v) is 8.61. The summed E-state index contributed by atoms with van der Waals surface area (Å²) < 4.78 is 0. The van der Waals surface area contributed by atoms with Crippen molar-refractivity contribution in [2.75, 3.05) is 0 Å². The van der Waals surface area contributed by atoms with Gasteiger partial charge in [0, 0.05) is 0 Å². The summed E-state index contributed by atoms with van der Waals surface area (Å²) in [6, 6.07) is 0.0419. The van der Waals surface area contributed by atoms with Crippen LogP contribution in [0.4, 0.5) is 0 Å². The van der Waals surface area contributed by atoms with Gasteiger partial charge in [0.15, 0.2) is 0 Å². The maximum atomic E-state index is 6.14. The van der Waals surface area contributed by atoms with Crippen molar-refractivity contribution in [3.8, 4) is 0 Å². The summed E-state index contributed by atoms with van der Waals surface area (Å²) in [5.74, 6) is 2.22. The Labute approximate surface area is 84.3 Å². The maximum absolute atomic E-state index is 6.14. The van der Waals surface area contributed by atoms with Crippen LogP contribution in [0, 0.1) is 11.8 Å². The molecule has 78 valence electrons. The van der Waals surface area contributed by atoms with Crippen molar-refractivity contribution < 1.29 is 0 Å². The Balaban J connectivity index is 2.00. The average molecular weight is 194 g/mol. The largest absolute Gasteiger partial charge is 0.321 e. The summed E-state index contributed by atoms with van der Waals surface area (Å²) in [5.41, 5.74) is 6.14. The SMILES string of the molecule is CC1CCCC(C(N)c2ncn[nH]2)C1. The zero-order chi connectivity index (χ0) is 9.97. The highest BCUT2D eigenvalue weighted by molar-refractivity contribution is 4.94. The molecule has 3 N–H and O–H groups in total. The van der Waals surface area contributed by atoms with Gasteiger partial charge in [-0.25, -0.2) is 4.98 Å². The highest BCUT2D eigenvalue weighted by Gasteiger charge is 2.26. The molecule has 2 rings (SSSR count). The van der Waals surface area contributed by atoms with Crippen molar-refractivity contribution in [1.82, 2.24) is 15.2 Å². The Bertz CT molecular complexity index is 270. The molecule has 0 aromatic carbocycles. The quantitative estimate of drug-likeness (QED) is 0.752. The number of aromatic amines is 1. The number of nitrogens with one attached hydrogen (secondary N) is 1. The highest BCUT2D eigenvalue weighted by atomic mass is 15.2. The van der Waals surface area contributed by atoms with Gasteiger partial charge in [-0.2, -0.15) is 5.10 Å². The van der Waals surface area contributed by atoms with Gasteiger partial charge in [0.1, 0.15) is 12.2 Å². The molecule has 1 fully saturated rings. The second kappa shape index (κ2) is 4.09. The molecule has 3 unspecified atom stereocenters. The molecule has 1 aliphatic rings. The fourth-order valence-corrected chi connectivity index (χ4v) is 2.41. The standard InChI is InChI=1S/C10H18N4/c1-7-3-2-4-8(5-7)9(11)10-12-6-13-14-10/h6-9H,2-5,11H2,1H3,(H,12,13,14). The van der Waals surface area contributed by atoms with Gasteiger partial charge in [-0.3, -0.25) is 5.10 Å². The van der Waals surface area contributed by atoms with Crippen LogP contribution in [-0.4, -0.2) is 15.2 Å². The molecule has 14 heavy (non-hydrogen) atoms. The summed E-state index contributed by atoms with van der Waals surface area (Å²) in [4.78, 5) is 4.12. The third-order valence-electron chi connectivity index (χ3n) is 3.23. The van der Waals surface area contributed by atoms with Gasteiger partial charge >= 0.3 is 0 Å². The van der Waals surface area contributed by atoms with E-state index in [1.165, 1.54) is 32.0 Å². The smallest absolute Gasteiger partial charge is 0.141 e. The summed E-state index contributed by atoms with van der Waals surface area (Å²) in [6.07, 6.45) is 6.63. The predicted octanol–water partition coefficient (Wildman–Crippen LogP) is 1.63. The van der Waals surface area contributed by atoms with Crippen LogP contribution >= 0.6 is 0 Å². The Morgan fingerprint density at radius 3 is 3.07 bits per heavy atom. The lowest BCUT2D eigenvalue weighted by Gasteiger charge is -2.29. The number of nitrogens with two attached hydrogens (primary N) is 1. The van der Waals surface area contributed by atoms with E-state index in [2.05, 4.69) is 22.1 Å². The third-order valence-corrected chi connectivity index (χ3v) is 3.23. The van der Waals surface area contributed by atoms with Crippen molar-refractivity contribution in [1.29, 1.82) is 0 Å². The van der Waals surface area contributed by atoms with Crippen LogP contribution in [0.2, 0.25) is 0 Å². The number of hydrogen-bond acceptors (Lipinski definition) is 3. The lowest BCUT2D eigenvalue weighted by atomic mass is 9.78. The van der Waals surface area contributed by atoms with Gasteiger partial charge in [-0.05, 0) is 24.7 Å². The van der Waals surface area contributed by atoms with E-state index in [9.17, 15) is 0 Å². The Morgan fingerprint density at radius 2 is 2.43 bits per heavy atom. The molecule has 0 radical (unpaired) electrons. The van der Waals surface area contributed by atoms with Crippen molar-refractivity contribution >= 4 is 0 Å². The first kappa shape index (κ1) is 9.65. The third kappa shape index (κ3) is 1.95. The van der Waals surface area contributed by atoms with Crippen molar-refractivity contribution in [3.63, 3.8) is 0 Å². The number of rotatable bonds is 2. The molecule has 1 heterocycles. The molecule has 1 aromatic rings. The number of hydrogen-bond donors (Lipinski definition) is 2. The fourth-order valence-electron chi connectivity index (χ4n) is 2.41. The van der Waals surface area contributed by atoms with E-state index in [4.69, 9.17) is 5.73 Å². The molecule has 0 saturated heterocycles. The number of aromatic nitrogens is 3. The first-order valence-electron chi connectivity index (χ1n) is 5.38. The van der Waals surface area contributed by atoms with Crippen LogP contribution in [0.15, 0.2) is 6.33 Å². The first-order chi connectivity index (χ1) is 6.77. The van der Waals surface area contributed by atoms with E-state index < -0.39 is 0 Å². The van der Waals surface area contributed by atoms with E-state index in [1.807, 2.05) is 0 Å². The minimum Gasteiger partial charge on any atom is -0.321 e. The molecule has 3 atom stereocenters. The Hall–Kier alpha value is -0.900. The number of nitrogens with zero attached hydrogens (tertiary/aromatic N) is 2. The lowest BCUT2D eigenvalue weighted by Crippen LogP contribution is -2.27. The molecular weight excluding hydrogens is 176 g/mol. The molecule has 1 aromatic heterocycles. The predicted molar refractivity (Wildman–Crippen MR) is 54.4 cm³/mol. The summed E-state index contributed by atoms with van der Waals surface area (Å²) >= 11 is 0. The average Bonchev–Trinajstić information content (AvgIpc) is 2.69. The van der Waals surface area contributed by atoms with Crippen LogP contribution in [0.3, 0.4) is 0 Å². The van der Waals surface area contributed by atoms with Gasteiger partial charge in [-0.15, -0.1) is 0 Å². The fraction of sp³-hybridized carbons (Fsp3) is 0.800. The van der Waals surface area contributed by atoms with Crippen LogP contribution in [0.1, 0.15) is 44.5 Å². The zero-order valence-electron chi connectivity index (χ0n) is 8.61. The first-order valence-corrected chi connectivity index (χ1v) is 5.38. The number of H-pyrrole nitrogens is 1. The minimum atomic E-state index is 0.0419. The van der Waals surface area contributed by atoms with E-state index >= 15 is 0 Å². The highest BCUT2D eigenvalue weighted by Crippen LogP contribution is 2.34. The molecule has 1 saturated carbocycles. The molecule has 4 nitrogen and oxygen atoms in total. The molecule has 0 bridgehead atoms. The molecule has 0 spiro atoms. The molecule has 4 heteroatoms. The van der Waals surface area contributed by atoms with Gasteiger partial charge in [0.05, 0.1) is 6.04 Å². The monoisotopic (exact) mass is 194 g/mol. The summed E-state index contributed by atoms with van der Waals surface area (Å²) in [6.45, 7) is 2.30. The van der Waals surface area contributed by atoms with Crippen molar-refractivity contribution in [2.24, 2.45) is 17.6 Å². The summed E-state index contributed by atoms with van der Waals surface area (Å²) in [7, 11) is 0. The van der Waals surface area contributed by atoms with Crippen LogP contribution < -0.4 is 5.73 Å². The Morgan fingerprint density at radius 1 is 1.57 bits per heavy atom. The molecular formula is C10H18N4. The van der Waals surface area contributed by atoms with Gasteiger partial charge in [0.25, 0.3) is 0 Å². The van der Waals surface area contributed by atoms with Crippen molar-refractivity contribution in [3.05, 3.63) is 12.2 Å². The topological polar surface area (TPSA) is 67.6 Å². The maximum Gasteiger partial charge on any atom is 0.141 e. The lowest BCUT2D eigenvalue weighted by molar-refractivity contribution is 0.243. The van der Waals surface area contributed by atoms with E-state index in [-0.39, 0.29) is 6.04 Å². The second-order valence-electron chi connectivity index (χ2n) is 4.43. The second-order valence-corrected chi connectivity index (χ2v) is 4.43. The van der Waals surface area contributed by atoms with Crippen molar-refractivity contribution in [2.45, 2.75) is 38.6 Å². The van der Waals surface area contributed by atoms with E-state index in [0.717, 1.165) is 11.7 Å². The Kier molecular flexibility index (Phi) is 2.82. The van der Waals surface area contributed by atoms with Gasteiger partial charge in [0.2, 0.25) is 0 Å². The van der Waals surface area contributed by atoms with E-state index in [0.29, 0.717) is 5.92 Å².